The molecule has 0 aromatic heterocycles. The number of carbonyl (C=O) groups is 1. The van der Waals surface area contributed by atoms with Crippen LogP contribution < -0.4 is 10.5 Å². The minimum Gasteiger partial charge on any atom is -0.465 e. The van der Waals surface area contributed by atoms with Gasteiger partial charge in [-0.15, -0.1) is 0 Å². The average molecular weight is 312 g/mol. The summed E-state index contributed by atoms with van der Waals surface area (Å²) in [6.45, 7) is 1.92. The van der Waals surface area contributed by atoms with Crippen LogP contribution >= 0.6 is 0 Å². The molecular weight excluding hydrogens is 292 g/mol. The number of esters is 1. The maximum Gasteiger partial charge on any atom is 0.338 e. The normalized spacial score (nSPS) is 16.5. The summed E-state index contributed by atoms with van der Waals surface area (Å²) in [7, 11) is -2.42. The van der Waals surface area contributed by atoms with Crippen molar-refractivity contribution in [1.29, 1.82) is 0 Å². The van der Waals surface area contributed by atoms with Crippen LogP contribution in [0.3, 0.4) is 0 Å². The summed E-state index contributed by atoms with van der Waals surface area (Å²) >= 11 is 0. The lowest BCUT2D eigenvalue weighted by Gasteiger charge is -2.13. The fourth-order valence-electron chi connectivity index (χ4n) is 2.08. The average Bonchev–Trinajstić information content (AvgIpc) is 3.29. The molecule has 0 heterocycles. The Labute approximate surface area is 124 Å². The molecule has 0 spiro atoms. The summed E-state index contributed by atoms with van der Waals surface area (Å²) in [5.41, 5.74) is 6.79. The third-order valence-electron chi connectivity index (χ3n) is 3.66. The van der Waals surface area contributed by atoms with Crippen LogP contribution in [0, 0.1) is 12.8 Å². The molecule has 3 N–H and O–H groups in total. The predicted molar refractivity (Wildman–Crippen MR) is 78.4 cm³/mol. The van der Waals surface area contributed by atoms with Crippen molar-refractivity contribution in [2.45, 2.75) is 30.7 Å². The van der Waals surface area contributed by atoms with Crippen molar-refractivity contribution in [3.8, 4) is 0 Å². The Morgan fingerprint density at radius 2 is 2.14 bits per heavy atom. The van der Waals surface area contributed by atoms with Gasteiger partial charge in [-0.1, -0.05) is 6.07 Å². The molecule has 6 nitrogen and oxygen atoms in total. The number of ether oxygens (including phenoxy) is 1. The van der Waals surface area contributed by atoms with Gasteiger partial charge in [0.25, 0.3) is 0 Å². The fraction of sp³-hybridized carbons (Fsp3) is 0.500. The van der Waals surface area contributed by atoms with E-state index in [0.29, 0.717) is 11.5 Å². The van der Waals surface area contributed by atoms with Crippen LogP contribution in [0.25, 0.3) is 0 Å². The highest BCUT2D eigenvalue weighted by molar-refractivity contribution is 7.89. The number of hydrogen-bond donors (Lipinski definition) is 2. The Bertz CT molecular complexity index is 638. The summed E-state index contributed by atoms with van der Waals surface area (Å²) in [6.07, 6.45) is 2.11. The highest BCUT2D eigenvalue weighted by Gasteiger charge is 2.29. The van der Waals surface area contributed by atoms with Crippen LogP contribution in [-0.2, 0) is 14.8 Å². The van der Waals surface area contributed by atoms with Gasteiger partial charge >= 0.3 is 5.97 Å². The molecule has 116 valence electrons. The molecular formula is C14H20N2O4S. The van der Waals surface area contributed by atoms with Crippen molar-refractivity contribution < 1.29 is 17.9 Å². The first kappa shape index (κ1) is 15.9. The Morgan fingerprint density at radius 1 is 1.48 bits per heavy atom. The first-order valence-electron chi connectivity index (χ1n) is 6.79. The smallest absolute Gasteiger partial charge is 0.338 e. The number of sulfonamides is 1. The lowest BCUT2D eigenvalue weighted by molar-refractivity contribution is 0.0599. The molecule has 2 rings (SSSR count). The summed E-state index contributed by atoms with van der Waals surface area (Å²) in [4.78, 5) is 11.7. The number of hydrogen-bond acceptors (Lipinski definition) is 5. The summed E-state index contributed by atoms with van der Waals surface area (Å²) in [5.74, 6) is -0.143. The summed E-state index contributed by atoms with van der Waals surface area (Å²) in [5, 5.41) is 0. The van der Waals surface area contributed by atoms with Crippen molar-refractivity contribution >= 4 is 16.0 Å². The molecule has 0 amide bonds. The van der Waals surface area contributed by atoms with Gasteiger partial charge in [-0.2, -0.15) is 0 Å². The second kappa shape index (κ2) is 6.13. The zero-order chi connectivity index (χ0) is 15.6. The van der Waals surface area contributed by atoms with Gasteiger partial charge in [0.15, 0.2) is 0 Å². The van der Waals surface area contributed by atoms with Gasteiger partial charge in [0.1, 0.15) is 0 Å². The molecule has 0 saturated heterocycles. The van der Waals surface area contributed by atoms with E-state index < -0.39 is 16.0 Å². The van der Waals surface area contributed by atoms with E-state index in [2.05, 4.69) is 9.46 Å². The van der Waals surface area contributed by atoms with Gasteiger partial charge in [0, 0.05) is 12.6 Å². The maximum atomic E-state index is 12.2. The van der Waals surface area contributed by atoms with Crippen LogP contribution in [0.15, 0.2) is 23.1 Å². The monoisotopic (exact) mass is 312 g/mol. The number of carbonyl (C=O) groups excluding carboxylic acids is 1. The van der Waals surface area contributed by atoms with Crippen molar-refractivity contribution in [3.63, 3.8) is 0 Å². The lowest BCUT2D eigenvalue weighted by atomic mass is 10.1. The van der Waals surface area contributed by atoms with E-state index >= 15 is 0 Å². The quantitative estimate of drug-likeness (QED) is 0.757. The van der Waals surface area contributed by atoms with Crippen LogP contribution in [-0.4, -0.2) is 34.1 Å². The molecule has 1 aliphatic rings. The predicted octanol–water partition coefficient (Wildman–Crippen LogP) is 0.797. The Balaban J connectivity index is 2.17. The molecule has 7 heteroatoms. The van der Waals surface area contributed by atoms with E-state index in [9.17, 15) is 13.2 Å². The minimum atomic E-state index is -3.68. The fourth-order valence-corrected chi connectivity index (χ4v) is 3.18. The molecule has 1 unspecified atom stereocenters. The number of nitrogens with one attached hydrogen (secondary N) is 1. The molecule has 1 saturated carbocycles. The van der Waals surface area contributed by atoms with Crippen LogP contribution in [0.4, 0.5) is 0 Å². The zero-order valence-electron chi connectivity index (χ0n) is 12.1. The van der Waals surface area contributed by atoms with Gasteiger partial charge in [-0.05, 0) is 43.4 Å². The van der Waals surface area contributed by atoms with Crippen molar-refractivity contribution in [3.05, 3.63) is 29.3 Å². The molecule has 1 aromatic carbocycles. The number of rotatable bonds is 6. The zero-order valence-corrected chi connectivity index (χ0v) is 12.9. The molecule has 0 bridgehead atoms. The summed E-state index contributed by atoms with van der Waals surface area (Å²) < 4.78 is 31.6. The molecule has 0 aliphatic heterocycles. The maximum absolute atomic E-state index is 12.2. The first-order chi connectivity index (χ1) is 9.85. The van der Waals surface area contributed by atoms with Crippen LogP contribution in [0.5, 0.6) is 0 Å². The van der Waals surface area contributed by atoms with E-state index in [1.165, 1.54) is 19.2 Å². The standard InChI is InChI=1S/C14H20N2O4S/c1-9-3-6-11(7-12(9)14(17)20-2)21(18,19)16-8-13(15)10-4-5-10/h3,6-7,10,13,16H,4-5,8,15H2,1-2H3. The van der Waals surface area contributed by atoms with Gasteiger partial charge in [-0.25, -0.2) is 17.9 Å². The van der Waals surface area contributed by atoms with Crippen LogP contribution in [0.2, 0.25) is 0 Å². The van der Waals surface area contributed by atoms with E-state index in [4.69, 9.17) is 5.73 Å². The third-order valence-corrected chi connectivity index (χ3v) is 5.08. The van der Waals surface area contributed by atoms with Gasteiger partial charge < -0.3 is 10.5 Å². The molecule has 1 atom stereocenters. The van der Waals surface area contributed by atoms with Crippen molar-refractivity contribution in [2.75, 3.05) is 13.7 Å². The van der Waals surface area contributed by atoms with E-state index in [1.54, 1.807) is 13.0 Å². The summed E-state index contributed by atoms with van der Waals surface area (Å²) in [6, 6.07) is 4.21. The number of benzene rings is 1. The molecule has 21 heavy (non-hydrogen) atoms. The van der Waals surface area contributed by atoms with Gasteiger partial charge in [-0.3, -0.25) is 0 Å². The van der Waals surface area contributed by atoms with Gasteiger partial charge in [0.2, 0.25) is 10.0 Å². The van der Waals surface area contributed by atoms with E-state index in [0.717, 1.165) is 12.8 Å². The number of methoxy groups -OCH3 is 1. The topological polar surface area (TPSA) is 98.5 Å². The molecule has 1 aliphatic carbocycles. The van der Waals surface area contributed by atoms with E-state index in [1.807, 2.05) is 0 Å². The van der Waals surface area contributed by atoms with Crippen molar-refractivity contribution in [2.24, 2.45) is 11.7 Å². The van der Waals surface area contributed by atoms with E-state index in [-0.39, 0.29) is 23.0 Å². The Kier molecular flexibility index (Phi) is 4.65. The highest BCUT2D eigenvalue weighted by Crippen LogP contribution is 2.31. The van der Waals surface area contributed by atoms with Crippen molar-refractivity contribution in [1.82, 2.24) is 4.72 Å². The SMILES string of the molecule is COC(=O)c1cc(S(=O)(=O)NCC(N)C2CC2)ccc1C. The highest BCUT2D eigenvalue weighted by atomic mass is 32.2. The second-order valence-electron chi connectivity index (χ2n) is 5.32. The molecule has 1 aromatic rings. The Hall–Kier alpha value is -1.44. The first-order valence-corrected chi connectivity index (χ1v) is 8.27. The second-order valence-corrected chi connectivity index (χ2v) is 7.09. The van der Waals surface area contributed by atoms with Crippen LogP contribution in [0.1, 0.15) is 28.8 Å². The molecule has 0 radical (unpaired) electrons. The number of nitrogens with two attached hydrogens (primary N) is 1. The molecule has 1 fully saturated rings. The third kappa shape index (κ3) is 3.81. The van der Waals surface area contributed by atoms with Gasteiger partial charge in [0.05, 0.1) is 17.6 Å². The number of aryl methyl sites for hydroxylation is 1. The Morgan fingerprint density at radius 3 is 2.71 bits per heavy atom. The lowest BCUT2D eigenvalue weighted by Crippen LogP contribution is -2.38. The largest absolute Gasteiger partial charge is 0.465 e. The minimum absolute atomic E-state index is 0.0384.